The Morgan fingerprint density at radius 1 is 0.762 bits per heavy atom. The van der Waals surface area contributed by atoms with Gasteiger partial charge >= 0.3 is 0 Å². The van der Waals surface area contributed by atoms with Gasteiger partial charge in [-0.25, -0.2) is 8.42 Å². The number of amides is 2. The van der Waals surface area contributed by atoms with Crippen molar-refractivity contribution in [1.29, 1.82) is 0 Å². The molecule has 42 heavy (non-hydrogen) atoms. The molecule has 0 saturated carbocycles. The Hall–Kier alpha value is -3.95. The first kappa shape index (κ1) is 31.0. The van der Waals surface area contributed by atoms with Gasteiger partial charge in [0.05, 0.1) is 10.6 Å². The summed E-state index contributed by atoms with van der Waals surface area (Å²) in [6.45, 7) is 3.35. The van der Waals surface area contributed by atoms with Gasteiger partial charge in [-0.3, -0.25) is 13.9 Å². The van der Waals surface area contributed by atoms with Crippen LogP contribution in [0.5, 0.6) is 0 Å². The Bertz CT molecular complexity index is 1570. The van der Waals surface area contributed by atoms with Crippen LogP contribution in [0, 0.1) is 0 Å². The number of rotatable bonds is 12. The van der Waals surface area contributed by atoms with Crippen LogP contribution in [0.3, 0.4) is 0 Å². The van der Waals surface area contributed by atoms with E-state index >= 15 is 0 Å². The highest BCUT2D eigenvalue weighted by atomic mass is 79.9. The number of anilines is 1. The Labute approximate surface area is 256 Å². The predicted octanol–water partition coefficient (Wildman–Crippen LogP) is 5.81. The van der Waals surface area contributed by atoms with Crippen molar-refractivity contribution in [3.8, 4) is 0 Å². The Morgan fingerprint density at radius 2 is 1.31 bits per heavy atom. The van der Waals surface area contributed by atoms with Gasteiger partial charge in [-0.05, 0) is 61.4 Å². The number of benzene rings is 4. The quantitative estimate of drug-likeness (QED) is 0.210. The minimum absolute atomic E-state index is 0.0690. The number of nitrogens with one attached hydrogen (secondary N) is 1. The van der Waals surface area contributed by atoms with Gasteiger partial charge in [0.2, 0.25) is 11.8 Å². The second-order valence-corrected chi connectivity index (χ2v) is 13.0. The van der Waals surface area contributed by atoms with Crippen molar-refractivity contribution in [2.75, 3.05) is 10.8 Å². The first-order valence-electron chi connectivity index (χ1n) is 13.7. The maximum Gasteiger partial charge on any atom is 0.264 e. The number of carbonyl (C=O) groups excluding carboxylic acids is 2. The molecule has 1 N–H and O–H groups in total. The van der Waals surface area contributed by atoms with Crippen LogP contribution in [-0.2, 0) is 32.6 Å². The van der Waals surface area contributed by atoms with Gasteiger partial charge in [-0.1, -0.05) is 94.8 Å². The van der Waals surface area contributed by atoms with E-state index in [2.05, 4.69) is 21.2 Å². The molecule has 4 rings (SSSR count). The normalized spacial score (nSPS) is 12.0. The lowest BCUT2D eigenvalue weighted by Crippen LogP contribution is -2.54. The topological polar surface area (TPSA) is 86.8 Å². The number of halogens is 1. The summed E-state index contributed by atoms with van der Waals surface area (Å²) in [4.78, 5) is 29.6. The SMILES string of the molecule is CC(C)NC(=O)[C@H](Cc1ccccc1)N(Cc1ccc(Br)cc1)C(=O)CN(c1ccccc1)S(=O)(=O)c1ccccc1. The van der Waals surface area contributed by atoms with Gasteiger partial charge in [0.1, 0.15) is 12.6 Å². The minimum atomic E-state index is -4.11. The number of carbonyl (C=O) groups is 2. The molecular formula is C33H34BrN3O4S. The lowest BCUT2D eigenvalue weighted by Gasteiger charge is -2.34. The van der Waals surface area contributed by atoms with E-state index in [1.54, 1.807) is 48.5 Å². The van der Waals surface area contributed by atoms with Crippen LogP contribution in [0.2, 0.25) is 0 Å². The highest BCUT2D eigenvalue weighted by Gasteiger charge is 2.34. The second-order valence-electron chi connectivity index (χ2n) is 10.2. The molecule has 0 fully saturated rings. The van der Waals surface area contributed by atoms with Gasteiger partial charge in [-0.2, -0.15) is 0 Å². The highest BCUT2D eigenvalue weighted by Crippen LogP contribution is 2.25. The molecule has 4 aromatic rings. The summed E-state index contributed by atoms with van der Waals surface area (Å²) < 4.78 is 29.8. The summed E-state index contributed by atoms with van der Waals surface area (Å²) in [5.74, 6) is -0.808. The molecule has 7 nitrogen and oxygen atoms in total. The van der Waals surface area contributed by atoms with Gasteiger partial charge < -0.3 is 10.2 Å². The van der Waals surface area contributed by atoms with Crippen LogP contribution in [0.25, 0.3) is 0 Å². The van der Waals surface area contributed by atoms with Crippen molar-refractivity contribution in [1.82, 2.24) is 10.2 Å². The van der Waals surface area contributed by atoms with Crippen molar-refractivity contribution in [3.63, 3.8) is 0 Å². The molecule has 0 heterocycles. The Morgan fingerprint density at radius 3 is 1.88 bits per heavy atom. The summed E-state index contributed by atoms with van der Waals surface area (Å²) in [7, 11) is -4.11. The summed E-state index contributed by atoms with van der Waals surface area (Å²) in [5.41, 5.74) is 2.04. The van der Waals surface area contributed by atoms with E-state index in [0.29, 0.717) is 5.69 Å². The molecule has 0 aromatic heterocycles. The number of hydrogen-bond acceptors (Lipinski definition) is 4. The summed E-state index contributed by atoms with van der Waals surface area (Å²) in [6.07, 6.45) is 0.262. The van der Waals surface area contributed by atoms with Gasteiger partial charge in [0.15, 0.2) is 0 Å². The molecule has 0 bridgehead atoms. The van der Waals surface area contributed by atoms with Gasteiger partial charge in [-0.15, -0.1) is 0 Å². The first-order valence-corrected chi connectivity index (χ1v) is 15.9. The molecule has 0 saturated heterocycles. The van der Waals surface area contributed by atoms with E-state index in [1.165, 1.54) is 17.0 Å². The highest BCUT2D eigenvalue weighted by molar-refractivity contribution is 9.10. The second kappa shape index (κ2) is 14.3. The molecule has 0 radical (unpaired) electrons. The third-order valence-corrected chi connectivity index (χ3v) is 8.94. The summed E-state index contributed by atoms with van der Waals surface area (Å²) in [6, 6.07) is 32.5. The van der Waals surface area contributed by atoms with Crippen LogP contribution in [0.4, 0.5) is 5.69 Å². The van der Waals surface area contributed by atoms with Crippen LogP contribution in [0.15, 0.2) is 125 Å². The third kappa shape index (κ3) is 8.08. The van der Waals surface area contributed by atoms with Gasteiger partial charge in [0, 0.05) is 23.5 Å². The van der Waals surface area contributed by atoms with E-state index in [-0.39, 0.29) is 29.8 Å². The van der Waals surface area contributed by atoms with E-state index in [0.717, 1.165) is 19.9 Å². The van der Waals surface area contributed by atoms with Crippen molar-refractivity contribution in [2.45, 2.75) is 43.8 Å². The molecular weight excluding hydrogens is 614 g/mol. The summed E-state index contributed by atoms with van der Waals surface area (Å²) >= 11 is 3.45. The van der Waals surface area contributed by atoms with E-state index in [9.17, 15) is 18.0 Å². The Kier molecular flexibility index (Phi) is 10.5. The van der Waals surface area contributed by atoms with E-state index in [1.807, 2.05) is 68.4 Å². The molecule has 218 valence electrons. The fourth-order valence-corrected chi connectivity index (χ4v) is 6.26. The maximum atomic E-state index is 14.3. The summed E-state index contributed by atoms with van der Waals surface area (Å²) in [5, 5.41) is 2.96. The molecule has 0 spiro atoms. The zero-order valence-electron chi connectivity index (χ0n) is 23.6. The average molecular weight is 649 g/mol. The van der Waals surface area contributed by atoms with E-state index < -0.39 is 28.5 Å². The molecule has 9 heteroatoms. The molecule has 4 aromatic carbocycles. The third-order valence-electron chi connectivity index (χ3n) is 6.62. The maximum absolute atomic E-state index is 14.3. The van der Waals surface area contributed by atoms with Crippen LogP contribution in [0.1, 0.15) is 25.0 Å². The molecule has 0 aliphatic rings. The number of sulfonamides is 1. The first-order chi connectivity index (χ1) is 20.1. The van der Waals surface area contributed by atoms with E-state index in [4.69, 9.17) is 0 Å². The van der Waals surface area contributed by atoms with Gasteiger partial charge in [0.25, 0.3) is 10.0 Å². The number of hydrogen-bond donors (Lipinski definition) is 1. The number of para-hydroxylation sites is 1. The fraction of sp³-hybridized carbons (Fsp3) is 0.212. The minimum Gasteiger partial charge on any atom is -0.352 e. The van der Waals surface area contributed by atoms with Crippen molar-refractivity contribution in [3.05, 3.63) is 131 Å². The monoisotopic (exact) mass is 647 g/mol. The molecule has 1 atom stereocenters. The molecule has 0 aliphatic carbocycles. The van der Waals surface area contributed by atoms with Crippen LogP contribution in [-0.4, -0.2) is 43.8 Å². The predicted molar refractivity (Wildman–Crippen MR) is 169 cm³/mol. The standard InChI is InChI=1S/C33H34BrN3O4S/c1-25(2)35-33(39)31(22-26-12-6-3-7-13-26)36(23-27-18-20-28(34)21-19-27)32(38)24-37(29-14-8-4-9-15-29)42(40,41)30-16-10-5-11-17-30/h3-21,25,31H,22-24H2,1-2H3,(H,35,39)/t31-/m0/s1. The Balaban J connectivity index is 1.78. The lowest BCUT2D eigenvalue weighted by atomic mass is 10.0. The molecule has 0 unspecified atom stereocenters. The lowest BCUT2D eigenvalue weighted by molar-refractivity contribution is -0.140. The van der Waals surface area contributed by atoms with Crippen molar-refractivity contribution >= 4 is 43.5 Å². The zero-order chi connectivity index (χ0) is 30.1. The largest absolute Gasteiger partial charge is 0.352 e. The number of nitrogens with zero attached hydrogens (tertiary/aromatic N) is 2. The van der Waals surface area contributed by atoms with Crippen LogP contribution < -0.4 is 9.62 Å². The average Bonchev–Trinajstić information content (AvgIpc) is 2.99. The zero-order valence-corrected chi connectivity index (χ0v) is 26.0. The molecule has 2 amide bonds. The van der Waals surface area contributed by atoms with Crippen LogP contribution >= 0.6 is 15.9 Å². The van der Waals surface area contributed by atoms with Crippen molar-refractivity contribution in [2.24, 2.45) is 0 Å². The molecule has 0 aliphatic heterocycles. The van der Waals surface area contributed by atoms with Crippen molar-refractivity contribution < 1.29 is 18.0 Å². The fourth-order valence-electron chi connectivity index (χ4n) is 4.56. The smallest absolute Gasteiger partial charge is 0.264 e.